The monoisotopic (exact) mass is 1360 g/mol. The van der Waals surface area contributed by atoms with Gasteiger partial charge in [0.1, 0.15) is 73.2 Å². The van der Waals surface area contributed by atoms with Crippen LogP contribution in [0.1, 0.15) is 264 Å². The van der Waals surface area contributed by atoms with Gasteiger partial charge in [0.25, 0.3) is 0 Å². The van der Waals surface area contributed by atoms with Crippen LogP contribution in [0.5, 0.6) is 0 Å². The number of carbonyl (C=O) groups is 1. The third-order valence-electron chi connectivity index (χ3n) is 18.4. The molecule has 0 spiro atoms. The van der Waals surface area contributed by atoms with Crippen LogP contribution in [-0.2, 0) is 33.2 Å². The van der Waals surface area contributed by atoms with Crippen molar-refractivity contribution in [1.29, 1.82) is 0 Å². The Morgan fingerprint density at radius 3 is 1.17 bits per heavy atom. The molecule has 17 atom stereocenters. The van der Waals surface area contributed by atoms with Crippen molar-refractivity contribution in [2.45, 2.75) is 369 Å². The molecule has 3 aliphatic rings. The normalized spacial score (nSPS) is 27.5. The fourth-order valence-electron chi connectivity index (χ4n) is 12.4. The average molecular weight is 1360 g/mol. The SMILES string of the molecule is CC/C=C\C/C=C\C/C=C\C/C=C\C/C=C\CCCCCCCCCCCCCCCCCCCCCCCC(=O)NC(COC1OC(CO)C(OC2OC(CO)C(OC3OC(CO)C(O)C(O)C3O)C(O)C2O)C(O)C1O)C(O)/C=C/CC/C=C/CCCCCCCCCC. The van der Waals surface area contributed by atoms with Crippen molar-refractivity contribution >= 4 is 5.91 Å². The summed E-state index contributed by atoms with van der Waals surface area (Å²) in [6.45, 7) is 1.60. The fraction of sp³-hybridized carbons (Fsp3) is 0.805. The molecule has 12 N–H and O–H groups in total. The van der Waals surface area contributed by atoms with Crippen LogP contribution in [0, 0.1) is 0 Å². The zero-order valence-corrected chi connectivity index (χ0v) is 59.1. The molecule has 0 bridgehead atoms. The summed E-state index contributed by atoms with van der Waals surface area (Å²) in [5, 5.41) is 121. The van der Waals surface area contributed by atoms with Gasteiger partial charge in [0, 0.05) is 6.42 Å². The zero-order valence-electron chi connectivity index (χ0n) is 59.1. The first-order valence-electron chi connectivity index (χ1n) is 37.8. The summed E-state index contributed by atoms with van der Waals surface area (Å²) in [7, 11) is 0. The van der Waals surface area contributed by atoms with Crippen molar-refractivity contribution in [1.82, 2.24) is 5.32 Å². The van der Waals surface area contributed by atoms with Crippen molar-refractivity contribution in [3.8, 4) is 0 Å². The van der Waals surface area contributed by atoms with E-state index in [1.54, 1.807) is 6.08 Å². The van der Waals surface area contributed by atoms with Gasteiger partial charge in [0.15, 0.2) is 18.9 Å². The molecule has 0 aromatic carbocycles. The van der Waals surface area contributed by atoms with Gasteiger partial charge in [-0.25, -0.2) is 0 Å². The lowest BCUT2D eigenvalue weighted by Crippen LogP contribution is -2.66. The number of aliphatic hydroxyl groups excluding tert-OH is 11. The van der Waals surface area contributed by atoms with Gasteiger partial charge in [-0.15, -0.1) is 0 Å². The summed E-state index contributed by atoms with van der Waals surface area (Å²) in [4.78, 5) is 13.4. The highest BCUT2D eigenvalue weighted by Crippen LogP contribution is 2.33. The third-order valence-corrected chi connectivity index (χ3v) is 18.4. The number of nitrogens with one attached hydrogen (secondary N) is 1. The van der Waals surface area contributed by atoms with E-state index in [1.165, 1.54) is 161 Å². The van der Waals surface area contributed by atoms with E-state index < -0.39 is 124 Å². The smallest absolute Gasteiger partial charge is 0.220 e. The number of unbranched alkanes of at least 4 members (excludes halogenated alkanes) is 30. The van der Waals surface area contributed by atoms with Crippen molar-refractivity contribution < 1.29 is 89.4 Å². The third kappa shape index (κ3) is 38.1. The summed E-state index contributed by atoms with van der Waals surface area (Å²) in [6, 6.07) is -0.991. The average Bonchev–Trinajstić information content (AvgIpc) is 0.787. The molecule has 17 unspecified atom stereocenters. The number of ether oxygens (including phenoxy) is 6. The van der Waals surface area contributed by atoms with Gasteiger partial charge >= 0.3 is 0 Å². The van der Waals surface area contributed by atoms with E-state index in [2.05, 4.69) is 92.1 Å². The lowest BCUT2D eigenvalue weighted by atomic mass is 9.96. The van der Waals surface area contributed by atoms with Crippen molar-refractivity contribution in [3.63, 3.8) is 0 Å². The van der Waals surface area contributed by atoms with E-state index in [0.717, 1.165) is 70.6 Å². The predicted molar refractivity (Wildman–Crippen MR) is 378 cm³/mol. The van der Waals surface area contributed by atoms with Gasteiger partial charge in [0.05, 0.1) is 38.6 Å². The van der Waals surface area contributed by atoms with Gasteiger partial charge in [-0.1, -0.05) is 266 Å². The number of hydrogen-bond acceptors (Lipinski definition) is 18. The second-order valence-electron chi connectivity index (χ2n) is 26.7. The Hall–Kier alpha value is -3.03. The molecule has 3 saturated heterocycles. The molecule has 0 radical (unpaired) electrons. The molecule has 96 heavy (non-hydrogen) atoms. The summed E-state index contributed by atoms with van der Waals surface area (Å²) >= 11 is 0. The molecule has 0 aromatic rings. The van der Waals surface area contributed by atoms with Gasteiger partial charge in [-0.2, -0.15) is 0 Å². The highest BCUT2D eigenvalue weighted by atomic mass is 16.8. The Kier molecular flexibility index (Phi) is 52.3. The molecular weight excluding hydrogens is 1230 g/mol. The number of rotatable bonds is 58. The summed E-state index contributed by atoms with van der Waals surface area (Å²) in [6.07, 6.45) is 48.8. The largest absolute Gasteiger partial charge is 0.394 e. The first kappa shape index (κ1) is 87.2. The number of allylic oxidation sites excluding steroid dienone is 13. The molecule has 0 saturated carbocycles. The van der Waals surface area contributed by atoms with E-state index in [0.29, 0.717) is 12.8 Å². The van der Waals surface area contributed by atoms with Gasteiger partial charge in [0.2, 0.25) is 5.91 Å². The van der Waals surface area contributed by atoms with E-state index in [1.807, 2.05) is 6.08 Å². The van der Waals surface area contributed by atoms with Crippen LogP contribution in [0.2, 0.25) is 0 Å². The van der Waals surface area contributed by atoms with Crippen LogP contribution in [0.3, 0.4) is 0 Å². The predicted octanol–water partition coefficient (Wildman–Crippen LogP) is 11.4. The second kappa shape index (κ2) is 57.6. The van der Waals surface area contributed by atoms with E-state index in [-0.39, 0.29) is 18.9 Å². The first-order valence-corrected chi connectivity index (χ1v) is 37.8. The minimum absolute atomic E-state index is 0.235. The molecule has 3 fully saturated rings. The van der Waals surface area contributed by atoms with Gasteiger partial charge < -0.3 is 89.9 Å². The topological polar surface area (TPSA) is 307 Å². The van der Waals surface area contributed by atoms with Crippen LogP contribution >= 0.6 is 0 Å². The molecule has 3 heterocycles. The molecule has 19 heteroatoms. The quantitative estimate of drug-likeness (QED) is 0.0199. The molecule has 0 aliphatic carbocycles. The maximum atomic E-state index is 13.4. The standard InChI is InChI=1S/C77H135NO18/c1-3-5-7-9-11-13-15-17-19-20-21-22-23-24-25-26-27-28-29-30-31-32-33-34-35-36-37-38-39-40-41-43-45-47-49-51-53-55-65(83)78-60(61(82)54-52-50-48-46-44-42-18-16-14-12-10-8-6-4-2)59-91-75-71(89)68(86)73(63(57-80)93-75)96-77-72(90)69(87)74(64(58-81)94-77)95-76-70(88)67(85)66(84)62(56-79)92-76/h5,7,11,13,17,19,21-22,24-25,44,46,52,54,60-64,66-77,79-82,84-90H,3-4,6,8-10,12,14-16,18,20,23,26-43,45,47-51,53,55-59H2,1-2H3,(H,78,83)/b7-5-,13-11-,19-17-,22-21-,25-24-,46-44+,54-52+. The number of carbonyl (C=O) groups excluding carboxylic acids is 1. The van der Waals surface area contributed by atoms with Crippen molar-refractivity contribution in [3.05, 3.63) is 85.1 Å². The lowest BCUT2D eigenvalue weighted by Gasteiger charge is -2.48. The first-order chi connectivity index (χ1) is 46.8. The number of amides is 1. The summed E-state index contributed by atoms with van der Waals surface area (Å²) in [5.41, 5.74) is 0. The molecule has 19 nitrogen and oxygen atoms in total. The van der Waals surface area contributed by atoms with E-state index in [4.69, 9.17) is 28.4 Å². The lowest BCUT2D eigenvalue weighted by molar-refractivity contribution is -0.379. The second-order valence-corrected chi connectivity index (χ2v) is 26.7. The van der Waals surface area contributed by atoms with Crippen LogP contribution < -0.4 is 5.32 Å². The minimum Gasteiger partial charge on any atom is -0.394 e. The van der Waals surface area contributed by atoms with Crippen molar-refractivity contribution in [2.24, 2.45) is 0 Å². The maximum absolute atomic E-state index is 13.4. The minimum atomic E-state index is -1.98. The van der Waals surface area contributed by atoms with Crippen LogP contribution in [-0.4, -0.2) is 193 Å². The number of aliphatic hydroxyl groups is 11. The maximum Gasteiger partial charge on any atom is 0.220 e. The molecule has 0 aromatic heterocycles. The summed E-state index contributed by atoms with van der Waals surface area (Å²) < 4.78 is 34.3. The highest BCUT2D eigenvalue weighted by molar-refractivity contribution is 5.76. The Labute approximate surface area is 578 Å². The van der Waals surface area contributed by atoms with Crippen LogP contribution in [0.4, 0.5) is 0 Å². The summed E-state index contributed by atoms with van der Waals surface area (Å²) in [5.74, 6) is -0.285. The van der Waals surface area contributed by atoms with E-state index >= 15 is 0 Å². The molecular formula is C77H135NO18. The van der Waals surface area contributed by atoms with E-state index in [9.17, 15) is 61.0 Å². The Bertz CT molecular complexity index is 2070. The number of hydrogen-bond donors (Lipinski definition) is 12. The molecule has 1 amide bonds. The fourth-order valence-corrected chi connectivity index (χ4v) is 12.4. The Morgan fingerprint density at radius 2 is 0.729 bits per heavy atom. The molecule has 3 rings (SSSR count). The van der Waals surface area contributed by atoms with Gasteiger partial charge in [-0.05, 0) is 77.0 Å². The Morgan fingerprint density at radius 1 is 0.385 bits per heavy atom. The van der Waals surface area contributed by atoms with Gasteiger partial charge in [-0.3, -0.25) is 4.79 Å². The van der Waals surface area contributed by atoms with Crippen LogP contribution in [0.15, 0.2) is 85.1 Å². The Balaban J connectivity index is 1.32. The van der Waals surface area contributed by atoms with Crippen molar-refractivity contribution in [2.75, 3.05) is 26.4 Å². The zero-order chi connectivity index (χ0) is 69.6. The highest BCUT2D eigenvalue weighted by Gasteiger charge is 2.53. The molecule has 3 aliphatic heterocycles. The van der Waals surface area contributed by atoms with Crippen LogP contribution in [0.25, 0.3) is 0 Å². The molecule has 556 valence electrons.